The number of aryl methyl sites for hydroxylation is 1. The summed E-state index contributed by atoms with van der Waals surface area (Å²) in [6.45, 7) is 1.96. The lowest BCUT2D eigenvalue weighted by molar-refractivity contribution is -0.134. The van der Waals surface area contributed by atoms with E-state index in [4.69, 9.17) is 9.68 Å². The molecule has 2 aromatic carbocycles. The molecule has 1 amide bonds. The SMILES string of the molecule is CNC(=O)c1c(-c2ccc(F)cc2)oc2nc(CCC(F)(F)F)c(-c3ccc(F)c(C=O)c3)cc12.CNC(C)(C#N)C1CC1. The van der Waals surface area contributed by atoms with Crippen molar-refractivity contribution in [2.24, 2.45) is 5.92 Å². The molecule has 44 heavy (non-hydrogen) atoms. The molecule has 0 bridgehead atoms. The molecule has 1 unspecified atom stereocenters. The number of aromatic nitrogens is 1. The number of alkyl halides is 3. The number of rotatable bonds is 8. The number of halogens is 5. The van der Waals surface area contributed by atoms with Gasteiger partial charge in [0, 0.05) is 24.6 Å². The Labute approximate surface area is 250 Å². The van der Waals surface area contributed by atoms with E-state index < -0.39 is 36.6 Å². The van der Waals surface area contributed by atoms with Crippen molar-refractivity contribution in [1.29, 1.82) is 5.26 Å². The van der Waals surface area contributed by atoms with Crippen LogP contribution < -0.4 is 10.6 Å². The summed E-state index contributed by atoms with van der Waals surface area (Å²) in [5.41, 5.74) is 0.182. The predicted octanol–water partition coefficient (Wildman–Crippen LogP) is 7.01. The summed E-state index contributed by atoms with van der Waals surface area (Å²) < 4.78 is 72.1. The molecule has 12 heteroatoms. The number of carbonyl (C=O) groups is 2. The van der Waals surface area contributed by atoms with Crippen molar-refractivity contribution in [2.75, 3.05) is 14.1 Å². The Balaban J connectivity index is 0.000000421. The first kappa shape index (κ1) is 32.3. The van der Waals surface area contributed by atoms with E-state index in [0.717, 1.165) is 6.07 Å². The highest BCUT2D eigenvalue weighted by Gasteiger charge is 2.40. The molecule has 2 aromatic heterocycles. The van der Waals surface area contributed by atoms with Gasteiger partial charge in [-0.05, 0) is 87.2 Å². The molecule has 0 saturated heterocycles. The number of pyridine rings is 1. The number of nitriles is 1. The number of fused-ring (bicyclic) bond motifs is 1. The third-order valence-corrected chi connectivity index (χ3v) is 7.55. The van der Waals surface area contributed by atoms with Crippen LogP contribution in [0.25, 0.3) is 33.6 Å². The summed E-state index contributed by atoms with van der Waals surface area (Å²) >= 11 is 0. The fraction of sp³-hybridized carbons (Fsp3) is 0.312. The van der Waals surface area contributed by atoms with Crippen molar-refractivity contribution in [2.45, 2.75) is 44.3 Å². The number of aldehydes is 1. The highest BCUT2D eigenvalue weighted by atomic mass is 19.4. The predicted molar refractivity (Wildman–Crippen MR) is 154 cm³/mol. The third-order valence-electron chi connectivity index (χ3n) is 7.55. The molecule has 1 atom stereocenters. The van der Waals surface area contributed by atoms with E-state index in [1.54, 1.807) is 0 Å². The number of furan rings is 1. The van der Waals surface area contributed by atoms with Gasteiger partial charge in [0.1, 0.15) is 22.9 Å². The quantitative estimate of drug-likeness (QED) is 0.164. The van der Waals surface area contributed by atoms with E-state index in [2.05, 4.69) is 21.7 Å². The van der Waals surface area contributed by atoms with E-state index in [-0.39, 0.29) is 50.3 Å². The molecule has 4 aromatic rings. The van der Waals surface area contributed by atoms with Gasteiger partial charge in [0.15, 0.2) is 6.29 Å². The van der Waals surface area contributed by atoms with Gasteiger partial charge >= 0.3 is 6.18 Å². The van der Waals surface area contributed by atoms with Crippen molar-refractivity contribution in [3.63, 3.8) is 0 Å². The number of hydrogen-bond acceptors (Lipinski definition) is 6. The molecule has 1 aliphatic carbocycles. The number of hydrogen-bond donors (Lipinski definition) is 2. The average molecular weight is 613 g/mol. The van der Waals surface area contributed by atoms with Crippen molar-refractivity contribution in [1.82, 2.24) is 15.6 Å². The van der Waals surface area contributed by atoms with Crippen LogP contribution in [0.2, 0.25) is 0 Å². The largest absolute Gasteiger partial charge is 0.437 e. The Morgan fingerprint density at radius 3 is 2.27 bits per heavy atom. The third kappa shape index (κ3) is 7.11. The molecule has 2 N–H and O–H groups in total. The van der Waals surface area contributed by atoms with Crippen LogP contribution in [-0.2, 0) is 6.42 Å². The maximum atomic E-state index is 13.9. The van der Waals surface area contributed by atoms with Gasteiger partial charge in [-0.3, -0.25) is 9.59 Å². The maximum Gasteiger partial charge on any atom is 0.389 e. The number of nitrogens with one attached hydrogen (secondary N) is 2. The van der Waals surface area contributed by atoms with Gasteiger partial charge in [0.25, 0.3) is 5.91 Å². The maximum absolute atomic E-state index is 13.9. The Morgan fingerprint density at radius 1 is 1.09 bits per heavy atom. The number of benzene rings is 2. The Morgan fingerprint density at radius 2 is 1.75 bits per heavy atom. The van der Waals surface area contributed by atoms with Crippen LogP contribution in [0, 0.1) is 28.9 Å². The molecule has 7 nitrogen and oxygen atoms in total. The molecule has 0 aliphatic heterocycles. The van der Waals surface area contributed by atoms with Gasteiger partial charge in [-0.15, -0.1) is 0 Å². The smallest absolute Gasteiger partial charge is 0.389 e. The van der Waals surface area contributed by atoms with Crippen LogP contribution in [0.15, 0.2) is 52.9 Å². The van der Waals surface area contributed by atoms with Gasteiger partial charge in [-0.2, -0.15) is 18.4 Å². The van der Waals surface area contributed by atoms with Gasteiger partial charge in [0.2, 0.25) is 5.71 Å². The summed E-state index contributed by atoms with van der Waals surface area (Å²) in [7, 11) is 3.24. The molecule has 1 aliphatic rings. The number of amides is 1. The lowest BCUT2D eigenvalue weighted by Crippen LogP contribution is -2.40. The van der Waals surface area contributed by atoms with E-state index in [1.165, 1.54) is 62.4 Å². The van der Waals surface area contributed by atoms with E-state index in [1.807, 2.05) is 14.0 Å². The minimum absolute atomic E-state index is 0.0128. The first-order valence-electron chi connectivity index (χ1n) is 13.7. The summed E-state index contributed by atoms with van der Waals surface area (Å²) in [5.74, 6) is -1.21. The normalized spacial score (nSPS) is 14.2. The molecule has 230 valence electrons. The molecule has 1 saturated carbocycles. The molecular weight excluding hydrogens is 583 g/mol. The van der Waals surface area contributed by atoms with E-state index >= 15 is 0 Å². The summed E-state index contributed by atoms with van der Waals surface area (Å²) in [6, 6.07) is 12.4. The molecular formula is C32H29F5N4O3. The second-order valence-electron chi connectivity index (χ2n) is 10.5. The molecule has 1 fully saturated rings. The van der Waals surface area contributed by atoms with Gasteiger partial charge in [-0.25, -0.2) is 13.8 Å². The van der Waals surface area contributed by atoms with Crippen LogP contribution in [0.3, 0.4) is 0 Å². The topological polar surface area (TPSA) is 108 Å². The van der Waals surface area contributed by atoms with Crippen LogP contribution in [0.5, 0.6) is 0 Å². The standard InChI is InChI=1S/C25H17F5N2O3.C7H12N2/c1-31-23(34)21-18-11-17(14-4-7-19(27)15(10-14)12-33)20(8-9-25(28,29)30)32-24(18)35-22(21)13-2-5-16(26)6-3-13;1-7(5-8,9-2)6-3-4-6/h2-7,10-12H,8-9H2,1H3,(H,31,34);6,9H,3-4H2,1-2H3. The van der Waals surface area contributed by atoms with E-state index in [9.17, 15) is 31.5 Å². The van der Waals surface area contributed by atoms with Gasteiger partial charge < -0.3 is 15.1 Å². The lowest BCUT2D eigenvalue weighted by Gasteiger charge is -2.18. The van der Waals surface area contributed by atoms with E-state index in [0.29, 0.717) is 17.8 Å². The Bertz CT molecular complexity index is 1720. The minimum Gasteiger partial charge on any atom is -0.437 e. The van der Waals surface area contributed by atoms with Crippen molar-refractivity contribution in [3.05, 3.63) is 77.0 Å². The second kappa shape index (κ2) is 12.9. The summed E-state index contributed by atoms with van der Waals surface area (Å²) in [4.78, 5) is 28.3. The second-order valence-corrected chi connectivity index (χ2v) is 10.5. The van der Waals surface area contributed by atoms with Crippen LogP contribution in [-0.4, -0.2) is 43.0 Å². The zero-order valence-electron chi connectivity index (χ0n) is 24.1. The fourth-order valence-corrected chi connectivity index (χ4v) is 4.73. The average Bonchev–Trinajstić information content (AvgIpc) is 3.81. The van der Waals surface area contributed by atoms with Crippen LogP contribution in [0.4, 0.5) is 22.0 Å². The highest BCUT2D eigenvalue weighted by Crippen LogP contribution is 2.39. The first-order chi connectivity index (χ1) is 20.8. The molecule has 5 rings (SSSR count). The Kier molecular flexibility index (Phi) is 9.49. The van der Waals surface area contributed by atoms with Crippen molar-refractivity contribution < 1.29 is 36.0 Å². The zero-order chi connectivity index (χ0) is 32.2. The first-order valence-corrected chi connectivity index (χ1v) is 13.7. The van der Waals surface area contributed by atoms with Crippen LogP contribution >= 0.6 is 0 Å². The van der Waals surface area contributed by atoms with Gasteiger partial charge in [0.05, 0.1) is 28.3 Å². The lowest BCUT2D eigenvalue weighted by atomic mass is 9.97. The zero-order valence-corrected chi connectivity index (χ0v) is 24.1. The highest BCUT2D eigenvalue weighted by molar-refractivity contribution is 6.11. The Hall–Kier alpha value is -4.63. The monoisotopic (exact) mass is 612 g/mol. The van der Waals surface area contributed by atoms with Crippen molar-refractivity contribution in [3.8, 4) is 28.5 Å². The van der Waals surface area contributed by atoms with Crippen molar-refractivity contribution >= 4 is 23.3 Å². The summed E-state index contributed by atoms with van der Waals surface area (Å²) in [5, 5.41) is 14.4. The number of carbonyl (C=O) groups excluding carboxylic acids is 2. The fourth-order valence-electron chi connectivity index (χ4n) is 4.73. The molecule has 0 spiro atoms. The molecule has 2 heterocycles. The van der Waals surface area contributed by atoms with Crippen LogP contribution in [0.1, 0.15) is 52.6 Å². The number of nitrogens with zero attached hydrogens (tertiary/aromatic N) is 2. The minimum atomic E-state index is -4.47. The molecule has 0 radical (unpaired) electrons. The summed E-state index contributed by atoms with van der Waals surface area (Å²) in [6.07, 6.45) is -3.46. The van der Waals surface area contributed by atoms with Gasteiger partial charge in [-0.1, -0.05) is 6.07 Å².